The number of ether oxygens (including phenoxy) is 1. The monoisotopic (exact) mass is 474 g/mol. The van der Waals surface area contributed by atoms with Crippen LogP contribution >= 0.6 is 0 Å². The van der Waals surface area contributed by atoms with Crippen LogP contribution < -0.4 is 10.1 Å². The maximum atomic E-state index is 14.1. The smallest absolute Gasteiger partial charge is 0.258 e. The molecule has 6 heteroatoms. The molecule has 3 aromatic carbocycles. The first-order chi connectivity index (χ1) is 16.9. The van der Waals surface area contributed by atoms with Crippen LogP contribution in [0.5, 0.6) is 5.75 Å². The molecule has 4 rings (SSSR count). The quantitative estimate of drug-likeness (QED) is 0.498. The maximum Gasteiger partial charge on any atom is 0.258 e. The number of benzene rings is 3. The van der Waals surface area contributed by atoms with Gasteiger partial charge in [-0.3, -0.25) is 9.59 Å². The summed E-state index contributed by atoms with van der Waals surface area (Å²) in [5.41, 5.74) is 3.73. The molecular formula is C29H31FN2O3. The Hall–Kier alpha value is -3.67. The first-order valence-corrected chi connectivity index (χ1v) is 12.0. The number of rotatable bonds is 8. The molecule has 0 spiro atoms. The summed E-state index contributed by atoms with van der Waals surface area (Å²) in [7, 11) is 0. The van der Waals surface area contributed by atoms with E-state index in [0.29, 0.717) is 31.7 Å². The van der Waals surface area contributed by atoms with E-state index in [1.54, 1.807) is 6.07 Å². The Labute approximate surface area is 205 Å². The highest BCUT2D eigenvalue weighted by Crippen LogP contribution is 2.38. The van der Waals surface area contributed by atoms with Crippen LogP contribution in [0.4, 0.5) is 4.39 Å². The van der Waals surface area contributed by atoms with Gasteiger partial charge in [0.25, 0.3) is 5.91 Å². The highest BCUT2D eigenvalue weighted by Gasteiger charge is 2.32. The van der Waals surface area contributed by atoms with E-state index in [-0.39, 0.29) is 30.2 Å². The summed E-state index contributed by atoms with van der Waals surface area (Å²) >= 11 is 0. The number of fused-ring (bicyclic) bond motifs is 1. The molecule has 0 saturated carbocycles. The second kappa shape index (κ2) is 11.2. The van der Waals surface area contributed by atoms with Crippen molar-refractivity contribution in [2.24, 2.45) is 5.92 Å². The topological polar surface area (TPSA) is 58.6 Å². The molecule has 0 aliphatic carbocycles. The van der Waals surface area contributed by atoms with Crippen molar-refractivity contribution in [2.75, 3.05) is 13.2 Å². The SMILES string of the molecule is CC(C)CC(=O)N1CCc2ccc(OCC(=O)NCc3ccccc3)cc2C1c1cccc(F)c1. The molecule has 0 bridgehead atoms. The van der Waals surface area contributed by atoms with Gasteiger partial charge in [-0.25, -0.2) is 4.39 Å². The van der Waals surface area contributed by atoms with Gasteiger partial charge in [0, 0.05) is 19.5 Å². The lowest BCUT2D eigenvalue weighted by Crippen LogP contribution is -2.41. The van der Waals surface area contributed by atoms with Gasteiger partial charge in [0.15, 0.2) is 6.61 Å². The first kappa shape index (κ1) is 24.5. The third kappa shape index (κ3) is 6.27. The molecule has 2 amide bonds. The fourth-order valence-corrected chi connectivity index (χ4v) is 4.45. The molecule has 1 unspecified atom stereocenters. The Morgan fingerprint density at radius 1 is 1.06 bits per heavy atom. The number of amides is 2. The minimum absolute atomic E-state index is 0.0477. The van der Waals surface area contributed by atoms with Crippen LogP contribution in [0.1, 0.15) is 48.6 Å². The largest absolute Gasteiger partial charge is 0.484 e. The number of nitrogens with one attached hydrogen (secondary N) is 1. The predicted octanol–water partition coefficient (Wildman–Crippen LogP) is 5.04. The van der Waals surface area contributed by atoms with Gasteiger partial charge in [-0.15, -0.1) is 0 Å². The molecule has 182 valence electrons. The Balaban J connectivity index is 1.53. The van der Waals surface area contributed by atoms with Gasteiger partial charge in [-0.2, -0.15) is 0 Å². The lowest BCUT2D eigenvalue weighted by molar-refractivity contribution is -0.134. The molecule has 1 aliphatic rings. The van der Waals surface area contributed by atoms with E-state index in [0.717, 1.165) is 22.3 Å². The third-order valence-electron chi connectivity index (χ3n) is 6.12. The summed E-state index contributed by atoms with van der Waals surface area (Å²) in [4.78, 5) is 27.3. The summed E-state index contributed by atoms with van der Waals surface area (Å²) in [5, 5.41) is 2.85. The average Bonchev–Trinajstić information content (AvgIpc) is 2.85. The van der Waals surface area contributed by atoms with Crippen molar-refractivity contribution in [1.82, 2.24) is 10.2 Å². The molecule has 0 saturated heterocycles. The van der Waals surface area contributed by atoms with Crippen molar-refractivity contribution in [1.29, 1.82) is 0 Å². The van der Waals surface area contributed by atoms with E-state index in [9.17, 15) is 14.0 Å². The van der Waals surface area contributed by atoms with E-state index in [1.807, 2.05) is 73.3 Å². The molecule has 3 aromatic rings. The number of hydrogen-bond donors (Lipinski definition) is 1. The Bertz CT molecular complexity index is 1180. The zero-order valence-electron chi connectivity index (χ0n) is 20.2. The zero-order valence-corrected chi connectivity index (χ0v) is 20.2. The molecule has 1 aliphatic heterocycles. The molecule has 0 aromatic heterocycles. The third-order valence-corrected chi connectivity index (χ3v) is 6.12. The van der Waals surface area contributed by atoms with E-state index >= 15 is 0 Å². The van der Waals surface area contributed by atoms with Gasteiger partial charge in [0.1, 0.15) is 11.6 Å². The van der Waals surface area contributed by atoms with Crippen LogP contribution in [0.3, 0.4) is 0 Å². The van der Waals surface area contributed by atoms with E-state index in [2.05, 4.69) is 5.32 Å². The van der Waals surface area contributed by atoms with Gasteiger partial charge in [0.2, 0.25) is 5.91 Å². The summed E-state index contributed by atoms with van der Waals surface area (Å²) in [6, 6.07) is 21.4. The summed E-state index contributed by atoms with van der Waals surface area (Å²) in [6.07, 6.45) is 1.14. The molecule has 0 radical (unpaired) electrons. The number of halogens is 1. The number of hydrogen-bond acceptors (Lipinski definition) is 3. The lowest BCUT2D eigenvalue weighted by atomic mass is 9.87. The molecule has 1 atom stereocenters. The normalized spacial score (nSPS) is 15.0. The van der Waals surface area contributed by atoms with Gasteiger partial charge in [0.05, 0.1) is 6.04 Å². The maximum absolute atomic E-state index is 14.1. The van der Waals surface area contributed by atoms with Gasteiger partial charge in [-0.1, -0.05) is 62.4 Å². The van der Waals surface area contributed by atoms with Crippen molar-refractivity contribution in [3.05, 3.63) is 101 Å². The van der Waals surface area contributed by atoms with Crippen molar-refractivity contribution >= 4 is 11.8 Å². The van der Waals surface area contributed by atoms with Crippen LogP contribution in [0.15, 0.2) is 72.8 Å². The lowest BCUT2D eigenvalue weighted by Gasteiger charge is -2.38. The number of carbonyl (C=O) groups excluding carboxylic acids is 2. The zero-order chi connectivity index (χ0) is 24.8. The van der Waals surface area contributed by atoms with E-state index < -0.39 is 6.04 Å². The van der Waals surface area contributed by atoms with Crippen LogP contribution in [0.25, 0.3) is 0 Å². The average molecular weight is 475 g/mol. The van der Waals surface area contributed by atoms with Crippen LogP contribution in [-0.2, 0) is 22.6 Å². The summed E-state index contributed by atoms with van der Waals surface area (Å²) in [6.45, 7) is 4.92. The van der Waals surface area contributed by atoms with Crippen LogP contribution in [0.2, 0.25) is 0 Å². The van der Waals surface area contributed by atoms with Crippen molar-refractivity contribution in [3.63, 3.8) is 0 Å². The second-order valence-electron chi connectivity index (χ2n) is 9.30. The standard InChI is InChI=1S/C29H31FN2O3/c1-20(2)15-28(34)32-14-13-22-11-12-25(17-26(22)29(32)23-9-6-10-24(30)16-23)35-19-27(33)31-18-21-7-4-3-5-8-21/h3-12,16-17,20,29H,13-15,18-19H2,1-2H3,(H,31,33). The first-order valence-electron chi connectivity index (χ1n) is 12.0. The second-order valence-corrected chi connectivity index (χ2v) is 9.30. The molecule has 1 N–H and O–H groups in total. The van der Waals surface area contributed by atoms with E-state index in [1.165, 1.54) is 12.1 Å². The molecule has 35 heavy (non-hydrogen) atoms. The van der Waals surface area contributed by atoms with Crippen LogP contribution in [-0.4, -0.2) is 29.9 Å². The molecule has 0 fully saturated rings. The fourth-order valence-electron chi connectivity index (χ4n) is 4.45. The van der Waals surface area contributed by atoms with Gasteiger partial charge >= 0.3 is 0 Å². The highest BCUT2D eigenvalue weighted by molar-refractivity contribution is 5.78. The Morgan fingerprint density at radius 3 is 2.60 bits per heavy atom. The highest BCUT2D eigenvalue weighted by atomic mass is 19.1. The minimum Gasteiger partial charge on any atom is -0.484 e. The predicted molar refractivity (Wildman–Crippen MR) is 133 cm³/mol. The Morgan fingerprint density at radius 2 is 1.86 bits per heavy atom. The molecule has 1 heterocycles. The van der Waals surface area contributed by atoms with Crippen molar-refractivity contribution in [3.8, 4) is 5.75 Å². The summed E-state index contributed by atoms with van der Waals surface area (Å²) in [5.74, 6) is 0.251. The number of nitrogens with zero attached hydrogens (tertiary/aromatic N) is 1. The van der Waals surface area contributed by atoms with Crippen LogP contribution in [0, 0.1) is 11.7 Å². The fraction of sp³-hybridized carbons (Fsp3) is 0.310. The number of carbonyl (C=O) groups is 2. The molecule has 5 nitrogen and oxygen atoms in total. The van der Waals surface area contributed by atoms with E-state index in [4.69, 9.17) is 4.74 Å². The van der Waals surface area contributed by atoms with Gasteiger partial charge in [-0.05, 0) is 58.9 Å². The van der Waals surface area contributed by atoms with Crippen molar-refractivity contribution < 1.29 is 18.7 Å². The summed E-state index contributed by atoms with van der Waals surface area (Å²) < 4.78 is 19.9. The minimum atomic E-state index is -0.406. The van der Waals surface area contributed by atoms with Crippen molar-refractivity contribution in [2.45, 2.75) is 39.3 Å². The van der Waals surface area contributed by atoms with Gasteiger partial charge < -0.3 is 15.0 Å². The Kier molecular flexibility index (Phi) is 7.80. The molecular weight excluding hydrogens is 443 g/mol.